The van der Waals surface area contributed by atoms with Crippen LogP contribution in [0.3, 0.4) is 0 Å². The van der Waals surface area contributed by atoms with Gasteiger partial charge in [-0.05, 0) is 32.1 Å². The Labute approximate surface area is 90.6 Å². The summed E-state index contributed by atoms with van der Waals surface area (Å²) in [6, 6.07) is -0.154. The first kappa shape index (κ1) is 10.9. The van der Waals surface area contributed by atoms with Gasteiger partial charge in [0.1, 0.15) is 0 Å². The average Bonchev–Trinajstić information content (AvgIpc) is 2.95. The summed E-state index contributed by atoms with van der Waals surface area (Å²) in [4.78, 5) is 14.0. The van der Waals surface area contributed by atoms with Gasteiger partial charge in [-0.25, -0.2) is 0 Å². The minimum absolute atomic E-state index is 0.154. The largest absolute Gasteiger partial charge is 0.392 e. The van der Waals surface area contributed by atoms with Crippen molar-refractivity contribution in [2.45, 2.75) is 38.3 Å². The van der Waals surface area contributed by atoms with Gasteiger partial charge < -0.3 is 15.3 Å². The van der Waals surface area contributed by atoms with Crippen LogP contribution in [0.5, 0.6) is 0 Å². The number of hydrogen-bond acceptors (Lipinski definition) is 3. The molecule has 0 aromatic heterocycles. The van der Waals surface area contributed by atoms with Gasteiger partial charge in [-0.15, -0.1) is 0 Å². The zero-order valence-corrected chi connectivity index (χ0v) is 9.28. The van der Waals surface area contributed by atoms with E-state index in [2.05, 4.69) is 5.32 Å². The second-order valence-electron chi connectivity index (χ2n) is 4.67. The van der Waals surface area contributed by atoms with Gasteiger partial charge in [0, 0.05) is 19.6 Å². The van der Waals surface area contributed by atoms with E-state index in [1.165, 1.54) is 12.8 Å². The summed E-state index contributed by atoms with van der Waals surface area (Å²) in [6.45, 7) is 4.26. The van der Waals surface area contributed by atoms with Crippen LogP contribution < -0.4 is 5.32 Å². The molecule has 0 aromatic carbocycles. The van der Waals surface area contributed by atoms with Crippen LogP contribution in [0.4, 0.5) is 0 Å². The van der Waals surface area contributed by atoms with Crippen LogP contribution in [0.15, 0.2) is 0 Å². The Morgan fingerprint density at radius 1 is 1.53 bits per heavy atom. The van der Waals surface area contributed by atoms with Gasteiger partial charge in [-0.3, -0.25) is 4.79 Å². The Morgan fingerprint density at radius 2 is 2.27 bits per heavy atom. The van der Waals surface area contributed by atoms with E-state index in [0.717, 1.165) is 19.0 Å². The number of nitrogens with one attached hydrogen (secondary N) is 1. The van der Waals surface area contributed by atoms with Crippen molar-refractivity contribution >= 4 is 5.91 Å². The summed E-state index contributed by atoms with van der Waals surface area (Å²) in [5.74, 6) is 0.904. The lowest BCUT2D eigenvalue weighted by Crippen LogP contribution is -2.44. The molecular formula is C11H20N2O2. The summed E-state index contributed by atoms with van der Waals surface area (Å²) in [5, 5.41) is 12.4. The Bertz CT molecular complexity index is 241. The van der Waals surface area contributed by atoms with Crippen molar-refractivity contribution in [1.29, 1.82) is 0 Å². The number of β-amino-alcohol motifs (C(OH)–C–C–N with tert-alkyl or cyclic N) is 1. The van der Waals surface area contributed by atoms with Crippen molar-refractivity contribution in [3.63, 3.8) is 0 Å². The number of rotatable bonds is 4. The van der Waals surface area contributed by atoms with Crippen LogP contribution in [0, 0.1) is 5.92 Å². The highest BCUT2D eigenvalue weighted by Gasteiger charge is 2.33. The highest BCUT2D eigenvalue weighted by atomic mass is 16.3. The number of likely N-dealkylation sites (N-methyl/N-ethyl adjacent to an activating group) is 1. The van der Waals surface area contributed by atoms with Crippen molar-refractivity contribution in [3.8, 4) is 0 Å². The van der Waals surface area contributed by atoms with Crippen LogP contribution in [0.25, 0.3) is 0 Å². The van der Waals surface area contributed by atoms with Crippen LogP contribution in [-0.2, 0) is 4.79 Å². The minimum Gasteiger partial charge on any atom is -0.392 e. The van der Waals surface area contributed by atoms with Gasteiger partial charge >= 0.3 is 0 Å². The van der Waals surface area contributed by atoms with Gasteiger partial charge in [-0.2, -0.15) is 0 Å². The van der Waals surface area contributed by atoms with E-state index in [4.69, 9.17) is 0 Å². The molecule has 1 aliphatic heterocycles. The predicted molar refractivity (Wildman–Crippen MR) is 57.4 cm³/mol. The summed E-state index contributed by atoms with van der Waals surface area (Å²) in [6.07, 6.45) is 2.76. The molecule has 0 radical (unpaired) electrons. The van der Waals surface area contributed by atoms with Crippen LogP contribution in [-0.4, -0.2) is 47.7 Å². The molecule has 2 rings (SSSR count). The van der Waals surface area contributed by atoms with E-state index in [9.17, 15) is 9.90 Å². The van der Waals surface area contributed by atoms with E-state index < -0.39 is 0 Å². The first-order chi connectivity index (χ1) is 7.20. The summed E-state index contributed by atoms with van der Waals surface area (Å²) in [5.41, 5.74) is 0. The van der Waals surface area contributed by atoms with Gasteiger partial charge in [0.25, 0.3) is 0 Å². The quantitative estimate of drug-likeness (QED) is 0.688. The molecule has 0 aromatic rings. The predicted octanol–water partition coefficient (Wildman–Crippen LogP) is -0.0323. The molecule has 1 saturated carbocycles. The molecule has 15 heavy (non-hydrogen) atoms. The lowest BCUT2D eigenvalue weighted by Gasteiger charge is -2.24. The summed E-state index contributed by atoms with van der Waals surface area (Å²) >= 11 is 0. The van der Waals surface area contributed by atoms with E-state index in [-0.39, 0.29) is 18.1 Å². The highest BCUT2D eigenvalue weighted by Crippen LogP contribution is 2.30. The zero-order chi connectivity index (χ0) is 10.8. The van der Waals surface area contributed by atoms with E-state index >= 15 is 0 Å². The van der Waals surface area contributed by atoms with Crippen LogP contribution >= 0.6 is 0 Å². The smallest absolute Gasteiger partial charge is 0.239 e. The second kappa shape index (κ2) is 4.49. The first-order valence-electron chi connectivity index (χ1n) is 5.91. The molecule has 1 heterocycles. The molecule has 4 heteroatoms. The molecule has 0 bridgehead atoms. The molecule has 2 aliphatic rings. The lowest BCUT2D eigenvalue weighted by atomic mass is 10.1. The molecule has 0 unspecified atom stereocenters. The Balaban J connectivity index is 1.86. The van der Waals surface area contributed by atoms with Crippen LogP contribution in [0.1, 0.15) is 26.2 Å². The number of nitrogens with zero attached hydrogens (tertiary/aromatic N) is 1. The monoisotopic (exact) mass is 212 g/mol. The Kier molecular flexibility index (Phi) is 3.26. The molecular weight excluding hydrogens is 192 g/mol. The number of aliphatic hydroxyl groups excluding tert-OH is 1. The minimum atomic E-state index is -0.349. The molecule has 2 atom stereocenters. The Morgan fingerprint density at radius 3 is 2.73 bits per heavy atom. The van der Waals surface area contributed by atoms with Gasteiger partial charge in [0.15, 0.2) is 0 Å². The maximum Gasteiger partial charge on any atom is 0.239 e. The third kappa shape index (κ3) is 2.69. The van der Waals surface area contributed by atoms with E-state index in [0.29, 0.717) is 13.0 Å². The summed E-state index contributed by atoms with van der Waals surface area (Å²) < 4.78 is 0. The fourth-order valence-electron chi connectivity index (χ4n) is 2.11. The summed E-state index contributed by atoms with van der Waals surface area (Å²) in [7, 11) is 0. The lowest BCUT2D eigenvalue weighted by molar-refractivity contribution is -0.133. The molecule has 1 aliphatic carbocycles. The van der Waals surface area contributed by atoms with E-state index in [1.807, 2.05) is 11.8 Å². The fraction of sp³-hybridized carbons (Fsp3) is 0.909. The van der Waals surface area contributed by atoms with Gasteiger partial charge in [0.2, 0.25) is 5.91 Å². The van der Waals surface area contributed by atoms with Crippen LogP contribution in [0.2, 0.25) is 0 Å². The van der Waals surface area contributed by atoms with Gasteiger partial charge in [-0.1, -0.05) is 0 Å². The standard InChI is InChI=1S/C11H20N2O2/c1-2-13(7-8-3-4-8)11(15)10-5-9(14)6-12-10/h8-10,12,14H,2-7H2,1H3/t9-,10-/m1/s1. The maximum atomic E-state index is 12.0. The second-order valence-corrected chi connectivity index (χ2v) is 4.67. The third-order valence-corrected chi connectivity index (χ3v) is 3.27. The molecule has 2 N–H and O–H groups in total. The SMILES string of the molecule is CCN(CC1CC1)C(=O)[C@H]1C[C@@H](O)CN1. The number of carbonyl (C=O) groups excluding carboxylic acids is 1. The van der Waals surface area contributed by atoms with Gasteiger partial charge in [0.05, 0.1) is 12.1 Å². The topological polar surface area (TPSA) is 52.6 Å². The molecule has 1 amide bonds. The number of amides is 1. The molecule has 4 nitrogen and oxygen atoms in total. The zero-order valence-electron chi connectivity index (χ0n) is 9.28. The molecule has 0 spiro atoms. The highest BCUT2D eigenvalue weighted by molar-refractivity contribution is 5.82. The Hall–Kier alpha value is -0.610. The first-order valence-corrected chi connectivity index (χ1v) is 5.91. The average molecular weight is 212 g/mol. The normalized spacial score (nSPS) is 30.5. The number of carbonyl (C=O) groups is 1. The maximum absolute atomic E-state index is 12.0. The van der Waals surface area contributed by atoms with Crippen molar-refractivity contribution in [2.75, 3.05) is 19.6 Å². The molecule has 86 valence electrons. The molecule has 2 fully saturated rings. The third-order valence-electron chi connectivity index (χ3n) is 3.27. The van der Waals surface area contributed by atoms with E-state index in [1.54, 1.807) is 0 Å². The van der Waals surface area contributed by atoms with Crippen molar-refractivity contribution < 1.29 is 9.90 Å². The molecule has 1 saturated heterocycles. The number of aliphatic hydroxyl groups is 1. The number of hydrogen-bond donors (Lipinski definition) is 2. The van der Waals surface area contributed by atoms with Crippen molar-refractivity contribution in [3.05, 3.63) is 0 Å². The fourth-order valence-corrected chi connectivity index (χ4v) is 2.11. The van der Waals surface area contributed by atoms with Crippen molar-refractivity contribution in [1.82, 2.24) is 10.2 Å². The van der Waals surface area contributed by atoms with Crippen molar-refractivity contribution in [2.24, 2.45) is 5.92 Å².